The molecule has 0 aliphatic carbocycles. The van der Waals surface area contributed by atoms with Gasteiger partial charge in [-0.05, 0) is 37.3 Å². The van der Waals surface area contributed by atoms with E-state index in [1.54, 1.807) is 24.9 Å². The summed E-state index contributed by atoms with van der Waals surface area (Å²) in [6.07, 6.45) is 0. The van der Waals surface area contributed by atoms with Gasteiger partial charge >= 0.3 is 0 Å². The zero-order valence-corrected chi connectivity index (χ0v) is 17.0. The monoisotopic (exact) mass is 411 g/mol. The molecule has 2 aromatic carbocycles. The first-order valence-corrected chi connectivity index (χ1v) is 10.1. The Morgan fingerprint density at radius 1 is 1.18 bits per heavy atom. The molecule has 0 saturated heterocycles. The van der Waals surface area contributed by atoms with Gasteiger partial charge in [0, 0.05) is 33.0 Å². The first-order valence-electron chi connectivity index (χ1n) is 8.70. The lowest BCUT2D eigenvalue weighted by Gasteiger charge is -2.08. The lowest BCUT2D eigenvalue weighted by molar-refractivity contribution is 0.416. The van der Waals surface area contributed by atoms with E-state index in [1.807, 2.05) is 55.5 Å². The van der Waals surface area contributed by atoms with Gasteiger partial charge < -0.3 is 4.74 Å². The number of hydrogen-bond acceptors (Lipinski definition) is 4. The molecule has 0 bridgehead atoms. The lowest BCUT2D eigenvalue weighted by Crippen LogP contribution is -2.15. The van der Waals surface area contributed by atoms with E-state index in [9.17, 15) is 4.79 Å². The maximum Gasteiger partial charge on any atom is 0.272 e. The normalized spacial score (nSPS) is 11.1. The second-order valence-corrected chi connectivity index (χ2v) is 7.78. The number of aromatic amines is 1. The number of rotatable bonds is 5. The fraction of sp³-hybridized carbons (Fsp3) is 0.143. The summed E-state index contributed by atoms with van der Waals surface area (Å²) in [7, 11) is 1.64. The third-order valence-corrected chi connectivity index (χ3v) is 5.72. The van der Waals surface area contributed by atoms with Gasteiger partial charge in [0.25, 0.3) is 5.56 Å². The van der Waals surface area contributed by atoms with Crippen molar-refractivity contribution in [1.82, 2.24) is 14.6 Å². The maximum absolute atomic E-state index is 12.6. The highest BCUT2D eigenvalue weighted by atomic mass is 35.5. The molecule has 0 radical (unpaired) electrons. The molecule has 0 saturated carbocycles. The van der Waals surface area contributed by atoms with Crippen LogP contribution < -0.4 is 10.3 Å². The van der Waals surface area contributed by atoms with Gasteiger partial charge in [0.1, 0.15) is 5.75 Å². The Balaban J connectivity index is 1.77. The van der Waals surface area contributed by atoms with Crippen molar-refractivity contribution in [1.29, 1.82) is 0 Å². The van der Waals surface area contributed by atoms with Crippen LogP contribution in [0.3, 0.4) is 0 Å². The van der Waals surface area contributed by atoms with Crippen molar-refractivity contribution in [2.45, 2.75) is 17.6 Å². The average molecular weight is 412 g/mol. The zero-order valence-electron chi connectivity index (χ0n) is 15.4. The van der Waals surface area contributed by atoms with Crippen LogP contribution in [0.25, 0.3) is 16.8 Å². The molecule has 2 heterocycles. The zero-order chi connectivity index (χ0) is 19.7. The van der Waals surface area contributed by atoms with Crippen molar-refractivity contribution >= 4 is 29.0 Å². The van der Waals surface area contributed by atoms with Crippen LogP contribution in [0, 0.1) is 6.92 Å². The summed E-state index contributed by atoms with van der Waals surface area (Å²) >= 11 is 7.55. The van der Waals surface area contributed by atoms with E-state index < -0.39 is 0 Å². The molecule has 0 aliphatic rings. The minimum Gasteiger partial charge on any atom is -0.496 e. The fourth-order valence-electron chi connectivity index (χ4n) is 3.13. The predicted molar refractivity (Wildman–Crippen MR) is 114 cm³/mol. The Labute approximate surface area is 171 Å². The number of thioether (sulfide) groups is 1. The highest BCUT2D eigenvalue weighted by molar-refractivity contribution is 7.98. The minimum atomic E-state index is -0.138. The van der Waals surface area contributed by atoms with Crippen molar-refractivity contribution < 1.29 is 4.74 Å². The second kappa shape index (κ2) is 7.73. The summed E-state index contributed by atoms with van der Waals surface area (Å²) in [5.41, 5.74) is 3.81. The Bertz CT molecular complexity index is 1200. The largest absolute Gasteiger partial charge is 0.496 e. The first kappa shape index (κ1) is 18.7. The first-order chi connectivity index (χ1) is 13.6. The van der Waals surface area contributed by atoms with E-state index in [4.69, 9.17) is 21.3 Å². The summed E-state index contributed by atoms with van der Waals surface area (Å²) < 4.78 is 6.98. The number of benzene rings is 2. The lowest BCUT2D eigenvalue weighted by atomic mass is 10.1. The molecule has 4 aromatic rings. The maximum atomic E-state index is 12.6. The molecule has 28 heavy (non-hydrogen) atoms. The smallest absolute Gasteiger partial charge is 0.272 e. The Kier molecular flexibility index (Phi) is 5.15. The Morgan fingerprint density at radius 2 is 1.93 bits per heavy atom. The van der Waals surface area contributed by atoms with E-state index in [2.05, 4.69) is 5.10 Å². The van der Waals surface area contributed by atoms with Crippen LogP contribution in [0.5, 0.6) is 5.75 Å². The van der Waals surface area contributed by atoms with Gasteiger partial charge in [-0.15, -0.1) is 11.8 Å². The molecule has 5 nitrogen and oxygen atoms in total. The van der Waals surface area contributed by atoms with Crippen molar-refractivity contribution in [2.75, 3.05) is 7.11 Å². The van der Waals surface area contributed by atoms with Crippen molar-refractivity contribution in [3.8, 4) is 16.9 Å². The predicted octanol–water partition coefficient (Wildman–Crippen LogP) is 4.95. The third kappa shape index (κ3) is 3.53. The van der Waals surface area contributed by atoms with Crippen molar-refractivity contribution in [3.05, 3.63) is 81.4 Å². The summed E-state index contributed by atoms with van der Waals surface area (Å²) in [6.45, 7) is 1.93. The molecular formula is C21H18ClN3O2S. The summed E-state index contributed by atoms with van der Waals surface area (Å²) in [5, 5.41) is 3.82. The van der Waals surface area contributed by atoms with E-state index in [-0.39, 0.29) is 5.56 Å². The number of aryl methyl sites for hydroxylation is 1. The number of hydrogen-bond donors (Lipinski definition) is 1. The molecule has 0 unspecified atom stereocenters. The van der Waals surface area contributed by atoms with Crippen LogP contribution in [0.1, 0.15) is 11.4 Å². The highest BCUT2D eigenvalue weighted by Crippen LogP contribution is 2.34. The number of nitrogens with one attached hydrogen (secondary N) is 1. The number of methoxy groups -OCH3 is 1. The van der Waals surface area contributed by atoms with Gasteiger partial charge in [0.15, 0.2) is 5.65 Å². The van der Waals surface area contributed by atoms with Gasteiger partial charge in [-0.2, -0.15) is 0 Å². The molecule has 0 fully saturated rings. The van der Waals surface area contributed by atoms with Crippen LogP contribution >= 0.6 is 23.4 Å². The molecule has 0 aliphatic heterocycles. The standard InChI is InChI=1S/C21H18ClN3O2S/c1-13-20(17-5-3-4-6-18(17)27-2)21-23-15(11-19(26)25(21)24-13)12-28-16-9-7-14(22)8-10-16/h3-11,24H,12H2,1-2H3. The number of nitrogens with zero attached hydrogens (tertiary/aromatic N) is 2. The number of halogens is 1. The van der Waals surface area contributed by atoms with Crippen molar-refractivity contribution in [2.24, 2.45) is 0 Å². The number of para-hydroxylation sites is 1. The summed E-state index contributed by atoms with van der Waals surface area (Å²) in [5.74, 6) is 1.32. The number of aromatic nitrogens is 3. The minimum absolute atomic E-state index is 0.138. The summed E-state index contributed by atoms with van der Waals surface area (Å²) in [4.78, 5) is 18.5. The molecule has 0 spiro atoms. The molecule has 2 aromatic heterocycles. The van der Waals surface area contributed by atoms with E-state index in [0.717, 1.165) is 33.2 Å². The number of H-pyrrole nitrogens is 1. The molecule has 0 amide bonds. The topological polar surface area (TPSA) is 59.4 Å². The SMILES string of the molecule is COc1ccccc1-c1c(C)[nH]n2c(=O)cc(CSc3ccc(Cl)cc3)nc12. The van der Waals surface area contributed by atoms with Gasteiger partial charge in [0.05, 0.1) is 18.4 Å². The van der Waals surface area contributed by atoms with Gasteiger partial charge in [-0.25, -0.2) is 9.50 Å². The van der Waals surface area contributed by atoms with Gasteiger partial charge in [-0.3, -0.25) is 9.89 Å². The average Bonchev–Trinajstić information content (AvgIpc) is 3.04. The highest BCUT2D eigenvalue weighted by Gasteiger charge is 2.17. The molecule has 0 atom stereocenters. The molecule has 1 N–H and O–H groups in total. The number of fused-ring (bicyclic) bond motifs is 1. The van der Waals surface area contributed by atoms with E-state index in [1.165, 1.54) is 4.52 Å². The van der Waals surface area contributed by atoms with Crippen LogP contribution in [0.15, 0.2) is 64.3 Å². The van der Waals surface area contributed by atoms with Crippen LogP contribution in [-0.4, -0.2) is 21.7 Å². The second-order valence-electron chi connectivity index (χ2n) is 6.30. The fourth-order valence-corrected chi connectivity index (χ4v) is 4.05. The number of ether oxygens (including phenoxy) is 1. The Morgan fingerprint density at radius 3 is 2.68 bits per heavy atom. The third-order valence-electron chi connectivity index (χ3n) is 4.43. The molecular weight excluding hydrogens is 394 g/mol. The van der Waals surface area contributed by atoms with Gasteiger partial charge in [-0.1, -0.05) is 29.8 Å². The van der Waals surface area contributed by atoms with Crippen LogP contribution in [0.4, 0.5) is 0 Å². The summed E-state index contributed by atoms with van der Waals surface area (Å²) in [6, 6.07) is 16.9. The van der Waals surface area contributed by atoms with Gasteiger partial charge in [0.2, 0.25) is 0 Å². The molecule has 7 heteroatoms. The van der Waals surface area contributed by atoms with Crippen molar-refractivity contribution in [3.63, 3.8) is 0 Å². The Hall–Kier alpha value is -2.70. The van der Waals surface area contributed by atoms with Crippen LogP contribution in [-0.2, 0) is 5.75 Å². The molecule has 4 rings (SSSR count). The quantitative estimate of drug-likeness (QED) is 0.472. The van der Waals surface area contributed by atoms with Crippen LogP contribution in [0.2, 0.25) is 5.02 Å². The molecule has 142 valence electrons. The van der Waals surface area contributed by atoms with E-state index in [0.29, 0.717) is 16.4 Å². The van der Waals surface area contributed by atoms with E-state index >= 15 is 0 Å².